The number of sulfonamides is 1. The highest BCUT2D eigenvalue weighted by atomic mass is 35.5. The molecule has 2 rings (SSSR count). The quantitative estimate of drug-likeness (QED) is 0.915. The molecule has 0 aliphatic heterocycles. The molecule has 2 aromatic rings. The van der Waals surface area contributed by atoms with Crippen LogP contribution in [0.25, 0.3) is 0 Å². The van der Waals surface area contributed by atoms with Gasteiger partial charge in [-0.25, -0.2) is 12.7 Å². The minimum Gasteiger partial charge on any atom is -0.379 e. The number of nitrogens with one attached hydrogen (secondary N) is 1. The molecule has 4 nitrogen and oxygen atoms in total. The average molecular weight is 331 g/mol. The lowest BCUT2D eigenvalue weighted by molar-refractivity contribution is 0.521. The van der Waals surface area contributed by atoms with Crippen LogP contribution < -0.4 is 5.32 Å². The number of para-hydroxylation sites is 1. The number of halogens is 1. The monoisotopic (exact) mass is 330 g/mol. The Morgan fingerprint density at radius 3 is 2.50 bits per heavy atom. The van der Waals surface area contributed by atoms with E-state index in [0.29, 0.717) is 12.2 Å². The third kappa shape index (κ3) is 3.32. The molecule has 0 spiro atoms. The van der Waals surface area contributed by atoms with E-state index in [2.05, 4.69) is 5.32 Å². The van der Waals surface area contributed by atoms with Crippen LogP contribution in [0.2, 0.25) is 4.34 Å². The van der Waals surface area contributed by atoms with Crippen molar-refractivity contribution in [1.29, 1.82) is 0 Å². The topological polar surface area (TPSA) is 49.4 Å². The number of thiophene rings is 1. The Morgan fingerprint density at radius 2 is 1.90 bits per heavy atom. The van der Waals surface area contributed by atoms with Crippen LogP contribution in [-0.4, -0.2) is 26.8 Å². The molecule has 0 bridgehead atoms. The van der Waals surface area contributed by atoms with Gasteiger partial charge in [-0.2, -0.15) is 0 Å². The van der Waals surface area contributed by atoms with E-state index in [0.717, 1.165) is 9.21 Å². The fourth-order valence-electron chi connectivity index (χ4n) is 1.66. The van der Waals surface area contributed by atoms with Crippen LogP contribution in [0.15, 0.2) is 41.3 Å². The van der Waals surface area contributed by atoms with E-state index in [1.807, 2.05) is 12.1 Å². The fourth-order valence-corrected chi connectivity index (χ4v) is 3.75. The van der Waals surface area contributed by atoms with Crippen molar-refractivity contribution < 1.29 is 8.42 Å². The molecule has 0 unspecified atom stereocenters. The van der Waals surface area contributed by atoms with E-state index in [9.17, 15) is 8.42 Å². The smallest absolute Gasteiger partial charge is 0.244 e. The van der Waals surface area contributed by atoms with Gasteiger partial charge >= 0.3 is 0 Å². The molecule has 0 saturated carbocycles. The van der Waals surface area contributed by atoms with E-state index in [1.165, 1.54) is 29.7 Å². The number of rotatable bonds is 5. The van der Waals surface area contributed by atoms with Gasteiger partial charge in [-0.15, -0.1) is 11.3 Å². The summed E-state index contributed by atoms with van der Waals surface area (Å²) in [6.45, 7) is 0.539. The van der Waals surface area contributed by atoms with E-state index >= 15 is 0 Å². The molecule has 108 valence electrons. The minimum atomic E-state index is -3.46. The van der Waals surface area contributed by atoms with Crippen molar-refractivity contribution in [3.8, 4) is 0 Å². The molecule has 1 aromatic carbocycles. The maximum absolute atomic E-state index is 12.2. The average Bonchev–Trinajstić information content (AvgIpc) is 2.82. The Balaban J connectivity index is 2.25. The van der Waals surface area contributed by atoms with Crippen molar-refractivity contribution in [1.82, 2.24) is 4.31 Å². The van der Waals surface area contributed by atoms with E-state index in [1.54, 1.807) is 24.3 Å². The zero-order valence-electron chi connectivity index (χ0n) is 11.1. The second-order valence-electron chi connectivity index (χ2n) is 4.34. The third-order valence-electron chi connectivity index (χ3n) is 2.73. The summed E-state index contributed by atoms with van der Waals surface area (Å²) in [6.07, 6.45) is 0. The van der Waals surface area contributed by atoms with Crippen molar-refractivity contribution in [3.63, 3.8) is 0 Å². The lowest BCUT2D eigenvalue weighted by Crippen LogP contribution is -2.23. The first-order valence-corrected chi connectivity index (χ1v) is 8.54. The Morgan fingerprint density at radius 1 is 1.20 bits per heavy atom. The maximum Gasteiger partial charge on any atom is 0.244 e. The van der Waals surface area contributed by atoms with Crippen molar-refractivity contribution >= 4 is 38.6 Å². The maximum atomic E-state index is 12.2. The van der Waals surface area contributed by atoms with Crippen LogP contribution in [0.5, 0.6) is 0 Å². The summed E-state index contributed by atoms with van der Waals surface area (Å²) >= 11 is 7.35. The fraction of sp³-hybridized carbons (Fsp3) is 0.231. The molecule has 0 radical (unpaired) electrons. The first-order valence-electron chi connectivity index (χ1n) is 5.91. The minimum absolute atomic E-state index is 0.271. The van der Waals surface area contributed by atoms with Gasteiger partial charge in [0.25, 0.3) is 0 Å². The number of benzene rings is 1. The Bertz CT molecular complexity index is 696. The standard InChI is InChI=1S/C13H15ClN2O2S2/c1-16(2)20(17,18)12-6-4-3-5-11(12)15-9-10-7-8-13(14)19-10/h3-8,15H,9H2,1-2H3. The van der Waals surface area contributed by atoms with Gasteiger partial charge in [0, 0.05) is 25.5 Å². The van der Waals surface area contributed by atoms with Crippen LogP contribution in [-0.2, 0) is 16.6 Å². The summed E-state index contributed by atoms with van der Waals surface area (Å²) in [5.74, 6) is 0. The summed E-state index contributed by atoms with van der Waals surface area (Å²) in [5.41, 5.74) is 0.589. The van der Waals surface area contributed by atoms with Gasteiger partial charge in [0.15, 0.2) is 0 Å². The zero-order chi connectivity index (χ0) is 14.8. The highest BCUT2D eigenvalue weighted by Crippen LogP contribution is 2.26. The number of hydrogen-bond donors (Lipinski definition) is 1. The summed E-state index contributed by atoms with van der Waals surface area (Å²) < 4.78 is 26.4. The van der Waals surface area contributed by atoms with Crippen molar-refractivity contribution in [2.24, 2.45) is 0 Å². The van der Waals surface area contributed by atoms with Crippen LogP contribution in [0, 0.1) is 0 Å². The Kier molecular flexibility index (Phi) is 4.70. The van der Waals surface area contributed by atoms with Crippen LogP contribution >= 0.6 is 22.9 Å². The second-order valence-corrected chi connectivity index (χ2v) is 8.26. The predicted molar refractivity (Wildman–Crippen MR) is 84.0 cm³/mol. The Hall–Kier alpha value is -1.08. The largest absolute Gasteiger partial charge is 0.379 e. The lowest BCUT2D eigenvalue weighted by atomic mass is 10.3. The molecular formula is C13H15ClN2O2S2. The van der Waals surface area contributed by atoms with Gasteiger partial charge < -0.3 is 5.32 Å². The molecular weight excluding hydrogens is 316 g/mol. The van der Waals surface area contributed by atoms with Gasteiger partial charge in [0.05, 0.1) is 10.0 Å². The van der Waals surface area contributed by atoms with Crippen molar-refractivity contribution in [2.45, 2.75) is 11.4 Å². The molecule has 0 aliphatic rings. The molecule has 0 amide bonds. The zero-order valence-corrected chi connectivity index (χ0v) is 13.5. The van der Waals surface area contributed by atoms with Gasteiger partial charge in [-0.3, -0.25) is 0 Å². The van der Waals surface area contributed by atoms with Crippen LogP contribution in [0.1, 0.15) is 4.88 Å². The molecule has 20 heavy (non-hydrogen) atoms. The first kappa shape index (κ1) is 15.3. The molecule has 0 atom stereocenters. The number of hydrogen-bond acceptors (Lipinski definition) is 4. The van der Waals surface area contributed by atoms with Crippen molar-refractivity contribution in [3.05, 3.63) is 45.6 Å². The number of nitrogens with zero attached hydrogens (tertiary/aromatic N) is 1. The summed E-state index contributed by atoms with van der Waals surface area (Å²) in [6, 6.07) is 10.6. The molecule has 1 N–H and O–H groups in total. The SMILES string of the molecule is CN(C)S(=O)(=O)c1ccccc1NCc1ccc(Cl)s1. The van der Waals surface area contributed by atoms with Gasteiger partial charge in [0.1, 0.15) is 4.90 Å². The van der Waals surface area contributed by atoms with Crippen LogP contribution in [0.4, 0.5) is 5.69 Å². The molecule has 1 aromatic heterocycles. The third-order valence-corrected chi connectivity index (χ3v) is 5.83. The molecule has 0 saturated heterocycles. The molecule has 1 heterocycles. The van der Waals surface area contributed by atoms with E-state index < -0.39 is 10.0 Å². The molecule has 7 heteroatoms. The first-order chi connectivity index (χ1) is 9.41. The Labute approximate surface area is 128 Å². The highest BCUT2D eigenvalue weighted by molar-refractivity contribution is 7.89. The van der Waals surface area contributed by atoms with Gasteiger partial charge in [-0.05, 0) is 24.3 Å². The normalized spacial score (nSPS) is 11.8. The molecule has 0 aliphatic carbocycles. The van der Waals surface area contributed by atoms with E-state index in [4.69, 9.17) is 11.6 Å². The van der Waals surface area contributed by atoms with Crippen molar-refractivity contribution in [2.75, 3.05) is 19.4 Å². The predicted octanol–water partition coefficient (Wildman–Crippen LogP) is 3.26. The second kappa shape index (κ2) is 6.13. The summed E-state index contributed by atoms with van der Waals surface area (Å²) in [4.78, 5) is 1.32. The number of anilines is 1. The highest BCUT2D eigenvalue weighted by Gasteiger charge is 2.20. The summed E-state index contributed by atoms with van der Waals surface area (Å²) in [5, 5.41) is 3.15. The lowest BCUT2D eigenvalue weighted by Gasteiger charge is -2.15. The van der Waals surface area contributed by atoms with Crippen LogP contribution in [0.3, 0.4) is 0 Å². The molecule has 0 fully saturated rings. The van der Waals surface area contributed by atoms with Gasteiger partial charge in [-0.1, -0.05) is 23.7 Å². The van der Waals surface area contributed by atoms with E-state index in [-0.39, 0.29) is 4.90 Å². The van der Waals surface area contributed by atoms with Gasteiger partial charge in [0.2, 0.25) is 10.0 Å². The summed E-state index contributed by atoms with van der Waals surface area (Å²) in [7, 11) is -0.421.